The van der Waals surface area contributed by atoms with Crippen LogP contribution in [-0.4, -0.2) is 30.8 Å². The minimum atomic E-state index is -0.799. The van der Waals surface area contributed by atoms with Crippen molar-refractivity contribution in [2.24, 2.45) is 0 Å². The average molecular weight is 185 g/mol. The van der Waals surface area contributed by atoms with Crippen molar-refractivity contribution < 1.29 is 19.1 Å². The van der Waals surface area contributed by atoms with E-state index in [0.717, 1.165) is 0 Å². The molecule has 72 valence electrons. The summed E-state index contributed by atoms with van der Waals surface area (Å²) in [5.41, 5.74) is 0. The van der Waals surface area contributed by atoms with E-state index in [-0.39, 0.29) is 31.0 Å². The van der Waals surface area contributed by atoms with Gasteiger partial charge in [-0.25, -0.2) is 4.79 Å². The molecule has 0 radical (unpaired) electrons. The maximum absolute atomic E-state index is 11.1. The smallest absolute Gasteiger partial charge is 0.328 e. The number of nitrogens with one attached hydrogen (secondary N) is 1. The molecule has 0 aliphatic carbocycles. The lowest BCUT2D eigenvalue weighted by molar-refractivity contribution is -0.145. The fourth-order valence-corrected chi connectivity index (χ4v) is 1.18. The van der Waals surface area contributed by atoms with Crippen LogP contribution in [0.25, 0.3) is 0 Å². The average Bonchev–Trinajstić information content (AvgIpc) is 2.27. The Hall–Kier alpha value is -1.39. The Kier molecular flexibility index (Phi) is 3.00. The summed E-state index contributed by atoms with van der Waals surface area (Å²) >= 11 is 0. The number of rotatable bonds is 1. The van der Waals surface area contributed by atoms with Crippen molar-refractivity contribution in [1.29, 1.82) is 0 Å². The van der Waals surface area contributed by atoms with Crippen LogP contribution >= 0.6 is 0 Å². The molecule has 0 aromatic carbocycles. The van der Waals surface area contributed by atoms with Gasteiger partial charge in [0.2, 0.25) is 5.91 Å². The normalized spacial score (nSPS) is 23.3. The van der Waals surface area contributed by atoms with Crippen molar-refractivity contribution in [1.82, 2.24) is 5.32 Å². The van der Waals surface area contributed by atoms with Crippen LogP contribution in [0.3, 0.4) is 0 Å². The van der Waals surface area contributed by atoms with Gasteiger partial charge in [-0.15, -0.1) is 0 Å². The fourth-order valence-electron chi connectivity index (χ4n) is 1.18. The maximum Gasteiger partial charge on any atom is 0.328 e. The highest BCUT2D eigenvalue weighted by atomic mass is 16.5. The molecule has 1 amide bonds. The number of carbonyl (C=O) groups is 3. The maximum atomic E-state index is 11.1. The molecule has 1 aliphatic rings. The Morgan fingerprint density at radius 2 is 2.15 bits per heavy atom. The number of ether oxygens (including phenoxy) is 1. The van der Waals surface area contributed by atoms with Crippen LogP contribution in [0.5, 0.6) is 0 Å². The number of methoxy groups -OCH3 is 1. The van der Waals surface area contributed by atoms with E-state index in [2.05, 4.69) is 10.1 Å². The zero-order valence-corrected chi connectivity index (χ0v) is 7.33. The number of hydrogen-bond acceptors (Lipinski definition) is 4. The quantitative estimate of drug-likeness (QED) is 0.553. The first-order valence-electron chi connectivity index (χ1n) is 4.02. The summed E-state index contributed by atoms with van der Waals surface area (Å²) in [6.45, 7) is 0. The van der Waals surface area contributed by atoms with E-state index >= 15 is 0 Å². The Balaban J connectivity index is 2.66. The van der Waals surface area contributed by atoms with Crippen molar-refractivity contribution in [3.63, 3.8) is 0 Å². The summed E-state index contributed by atoms with van der Waals surface area (Å²) in [5.74, 6) is -0.932. The van der Waals surface area contributed by atoms with E-state index in [1.807, 2.05) is 0 Å². The standard InChI is InChI=1S/C8H11NO4/c1-13-8(12)6-4-5(10)2-3-7(11)9-6/h6H,2-4H2,1H3,(H,9,11). The fraction of sp³-hybridized carbons (Fsp3) is 0.625. The molecule has 0 aromatic heterocycles. The molecule has 1 fully saturated rings. The predicted octanol–water partition coefficient (Wildman–Crippen LogP) is -0.603. The number of esters is 1. The van der Waals surface area contributed by atoms with E-state index in [4.69, 9.17) is 0 Å². The molecule has 1 atom stereocenters. The number of amides is 1. The van der Waals surface area contributed by atoms with Gasteiger partial charge in [0.15, 0.2) is 0 Å². The summed E-state index contributed by atoms with van der Waals surface area (Å²) in [7, 11) is 1.23. The van der Waals surface area contributed by atoms with Crippen molar-refractivity contribution in [2.75, 3.05) is 7.11 Å². The molecule has 1 aliphatic heterocycles. The molecule has 0 aromatic rings. The van der Waals surface area contributed by atoms with Crippen molar-refractivity contribution in [3.05, 3.63) is 0 Å². The summed E-state index contributed by atoms with van der Waals surface area (Å²) in [5, 5.41) is 2.43. The van der Waals surface area contributed by atoms with E-state index < -0.39 is 12.0 Å². The third-order valence-corrected chi connectivity index (χ3v) is 1.88. The lowest BCUT2D eigenvalue weighted by Crippen LogP contribution is -2.40. The highest BCUT2D eigenvalue weighted by Crippen LogP contribution is 2.06. The SMILES string of the molecule is COC(=O)C1CC(=O)CCC(=O)N1. The van der Waals surface area contributed by atoms with Crippen molar-refractivity contribution >= 4 is 17.7 Å². The molecule has 1 rings (SSSR count). The molecule has 0 saturated carbocycles. The van der Waals surface area contributed by atoms with Gasteiger partial charge in [-0.1, -0.05) is 0 Å². The minimum Gasteiger partial charge on any atom is -0.467 e. The topological polar surface area (TPSA) is 72.5 Å². The molecule has 1 heterocycles. The second-order valence-electron chi connectivity index (χ2n) is 2.89. The lowest BCUT2D eigenvalue weighted by atomic mass is 10.1. The Labute approximate surface area is 75.4 Å². The monoisotopic (exact) mass is 185 g/mol. The molecular formula is C8H11NO4. The first kappa shape index (κ1) is 9.70. The number of carbonyl (C=O) groups excluding carboxylic acids is 3. The van der Waals surface area contributed by atoms with E-state index in [9.17, 15) is 14.4 Å². The van der Waals surface area contributed by atoms with Gasteiger partial charge in [0.25, 0.3) is 0 Å². The summed E-state index contributed by atoms with van der Waals surface area (Å²) < 4.78 is 4.44. The van der Waals surface area contributed by atoms with Crippen LogP contribution in [0.2, 0.25) is 0 Å². The van der Waals surface area contributed by atoms with Gasteiger partial charge >= 0.3 is 5.97 Å². The van der Waals surface area contributed by atoms with Gasteiger partial charge in [-0.05, 0) is 0 Å². The van der Waals surface area contributed by atoms with Crippen molar-refractivity contribution in [3.8, 4) is 0 Å². The third-order valence-electron chi connectivity index (χ3n) is 1.88. The van der Waals surface area contributed by atoms with Crippen LogP contribution in [0, 0.1) is 0 Å². The number of hydrogen-bond donors (Lipinski definition) is 1. The Morgan fingerprint density at radius 1 is 1.46 bits per heavy atom. The Bertz CT molecular complexity index is 231. The highest BCUT2D eigenvalue weighted by molar-refractivity contribution is 5.94. The Morgan fingerprint density at radius 3 is 2.77 bits per heavy atom. The van der Waals surface area contributed by atoms with E-state index in [1.54, 1.807) is 0 Å². The number of ketones is 1. The highest BCUT2D eigenvalue weighted by Gasteiger charge is 2.27. The molecule has 13 heavy (non-hydrogen) atoms. The molecule has 1 N–H and O–H groups in total. The molecular weight excluding hydrogens is 174 g/mol. The number of Topliss-reactive ketones (excluding diaryl/α,β-unsaturated/α-hetero) is 1. The van der Waals surface area contributed by atoms with Crippen LogP contribution in [0.15, 0.2) is 0 Å². The lowest BCUT2D eigenvalue weighted by Gasteiger charge is -2.11. The van der Waals surface area contributed by atoms with Gasteiger partial charge < -0.3 is 10.1 Å². The van der Waals surface area contributed by atoms with Crippen LogP contribution in [-0.2, 0) is 19.1 Å². The zero-order chi connectivity index (χ0) is 9.84. The largest absolute Gasteiger partial charge is 0.467 e. The van der Waals surface area contributed by atoms with Gasteiger partial charge in [0.1, 0.15) is 11.8 Å². The molecule has 5 nitrogen and oxygen atoms in total. The van der Waals surface area contributed by atoms with Gasteiger partial charge in [-0.2, -0.15) is 0 Å². The first-order chi connectivity index (χ1) is 6.13. The first-order valence-corrected chi connectivity index (χ1v) is 4.02. The second kappa shape index (κ2) is 4.02. The molecule has 0 spiro atoms. The molecule has 5 heteroatoms. The molecule has 1 unspecified atom stereocenters. The van der Waals surface area contributed by atoms with Gasteiger partial charge in [-0.3, -0.25) is 9.59 Å². The van der Waals surface area contributed by atoms with Gasteiger partial charge in [0, 0.05) is 19.3 Å². The van der Waals surface area contributed by atoms with Gasteiger partial charge in [0.05, 0.1) is 7.11 Å². The van der Waals surface area contributed by atoms with E-state index in [0.29, 0.717) is 0 Å². The predicted molar refractivity (Wildman–Crippen MR) is 42.8 cm³/mol. The van der Waals surface area contributed by atoms with E-state index in [1.165, 1.54) is 7.11 Å². The third kappa shape index (κ3) is 2.54. The molecule has 0 bridgehead atoms. The summed E-state index contributed by atoms with van der Waals surface area (Å²) in [6, 6.07) is -0.799. The second-order valence-corrected chi connectivity index (χ2v) is 2.89. The van der Waals surface area contributed by atoms with Crippen LogP contribution in [0.1, 0.15) is 19.3 Å². The minimum absolute atomic E-state index is 0.0401. The van der Waals surface area contributed by atoms with Crippen LogP contribution in [0.4, 0.5) is 0 Å². The zero-order valence-electron chi connectivity index (χ0n) is 7.33. The molecule has 1 saturated heterocycles. The van der Waals surface area contributed by atoms with Crippen molar-refractivity contribution in [2.45, 2.75) is 25.3 Å². The summed E-state index contributed by atoms with van der Waals surface area (Å²) in [4.78, 5) is 33.1. The summed E-state index contributed by atoms with van der Waals surface area (Å²) in [6.07, 6.45) is 0.407. The van der Waals surface area contributed by atoms with Crippen LogP contribution < -0.4 is 5.32 Å².